The van der Waals surface area contributed by atoms with E-state index in [-0.39, 0.29) is 0 Å². The highest BCUT2D eigenvalue weighted by Crippen LogP contribution is 2.20. The molecule has 0 radical (unpaired) electrons. The van der Waals surface area contributed by atoms with E-state index >= 15 is 0 Å². The Morgan fingerprint density at radius 3 is 2.62 bits per heavy atom. The molecule has 0 bridgehead atoms. The van der Waals surface area contributed by atoms with Gasteiger partial charge in [0.25, 0.3) is 0 Å². The highest BCUT2D eigenvalue weighted by atomic mass is 15.0. The number of nitrogens with one attached hydrogen (secondary N) is 1. The highest BCUT2D eigenvalue weighted by molar-refractivity contribution is 5.56. The van der Waals surface area contributed by atoms with Crippen LogP contribution in [0, 0.1) is 0 Å². The summed E-state index contributed by atoms with van der Waals surface area (Å²) in [4.78, 5) is 4.24. The first-order chi connectivity index (χ1) is 7.75. The van der Waals surface area contributed by atoms with Gasteiger partial charge < -0.3 is 5.32 Å². The van der Waals surface area contributed by atoms with E-state index in [9.17, 15) is 0 Å². The first-order valence-corrected chi connectivity index (χ1v) is 5.54. The normalized spacial score (nSPS) is 10.4. The van der Waals surface area contributed by atoms with Gasteiger partial charge in [0, 0.05) is 11.9 Å². The summed E-state index contributed by atoms with van der Waals surface area (Å²) >= 11 is 0. The van der Waals surface area contributed by atoms with Crippen molar-refractivity contribution in [3.63, 3.8) is 0 Å². The monoisotopic (exact) mass is 212 g/mol. The Bertz CT molecular complexity index is 449. The molecule has 2 heteroatoms. The minimum Gasteiger partial charge on any atom is -0.340 e. The lowest BCUT2D eigenvalue weighted by molar-refractivity contribution is 0.867. The Morgan fingerprint density at radius 2 is 1.94 bits per heavy atom. The molecule has 0 unspecified atom stereocenters. The molecule has 1 aromatic carbocycles. The molecule has 2 rings (SSSR count). The SMILES string of the molecule is CC(C)c1cccc(Nc2ccccn2)c1. The van der Waals surface area contributed by atoms with Crippen LogP contribution in [0.3, 0.4) is 0 Å². The van der Waals surface area contributed by atoms with E-state index in [0.717, 1.165) is 11.5 Å². The lowest BCUT2D eigenvalue weighted by Crippen LogP contribution is -1.94. The van der Waals surface area contributed by atoms with Crippen molar-refractivity contribution in [2.45, 2.75) is 19.8 Å². The quantitative estimate of drug-likeness (QED) is 0.833. The van der Waals surface area contributed by atoms with Crippen LogP contribution in [0.1, 0.15) is 25.3 Å². The van der Waals surface area contributed by atoms with Crippen molar-refractivity contribution in [2.24, 2.45) is 0 Å². The number of hydrogen-bond donors (Lipinski definition) is 1. The molecule has 1 heterocycles. The van der Waals surface area contributed by atoms with Crippen LogP contribution in [0.4, 0.5) is 11.5 Å². The van der Waals surface area contributed by atoms with Crippen LogP contribution in [0.2, 0.25) is 0 Å². The number of benzene rings is 1. The van der Waals surface area contributed by atoms with E-state index in [1.807, 2.05) is 18.2 Å². The molecule has 0 saturated carbocycles. The third kappa shape index (κ3) is 2.60. The summed E-state index contributed by atoms with van der Waals surface area (Å²) in [5.74, 6) is 1.42. The van der Waals surface area contributed by atoms with Gasteiger partial charge in [0.1, 0.15) is 5.82 Å². The molecule has 16 heavy (non-hydrogen) atoms. The number of hydrogen-bond acceptors (Lipinski definition) is 2. The largest absolute Gasteiger partial charge is 0.340 e. The third-order valence-electron chi connectivity index (χ3n) is 2.49. The second kappa shape index (κ2) is 4.79. The van der Waals surface area contributed by atoms with Gasteiger partial charge in [-0.3, -0.25) is 0 Å². The van der Waals surface area contributed by atoms with Crippen LogP contribution in [0.15, 0.2) is 48.7 Å². The summed E-state index contributed by atoms with van der Waals surface area (Å²) in [5, 5.41) is 3.29. The molecule has 0 spiro atoms. The number of rotatable bonds is 3. The van der Waals surface area contributed by atoms with Crippen molar-refractivity contribution >= 4 is 11.5 Å². The molecule has 0 atom stereocenters. The molecule has 1 N–H and O–H groups in total. The van der Waals surface area contributed by atoms with Crippen LogP contribution >= 0.6 is 0 Å². The van der Waals surface area contributed by atoms with Gasteiger partial charge in [0.05, 0.1) is 0 Å². The third-order valence-corrected chi connectivity index (χ3v) is 2.49. The maximum absolute atomic E-state index is 4.24. The van der Waals surface area contributed by atoms with Crippen molar-refractivity contribution in [1.82, 2.24) is 4.98 Å². The first-order valence-electron chi connectivity index (χ1n) is 5.54. The van der Waals surface area contributed by atoms with Gasteiger partial charge in [-0.1, -0.05) is 32.0 Å². The van der Waals surface area contributed by atoms with Crippen LogP contribution in [-0.4, -0.2) is 4.98 Å². The first kappa shape index (κ1) is 10.7. The Balaban J connectivity index is 2.19. The summed E-state index contributed by atoms with van der Waals surface area (Å²) in [7, 11) is 0. The van der Waals surface area contributed by atoms with Gasteiger partial charge in [-0.2, -0.15) is 0 Å². The van der Waals surface area contributed by atoms with Gasteiger partial charge in [-0.05, 0) is 35.7 Å². The minimum atomic E-state index is 0.547. The van der Waals surface area contributed by atoms with Crippen LogP contribution in [-0.2, 0) is 0 Å². The molecule has 82 valence electrons. The summed E-state index contributed by atoms with van der Waals surface area (Å²) in [6.45, 7) is 4.39. The van der Waals surface area contributed by atoms with Crippen molar-refractivity contribution in [1.29, 1.82) is 0 Å². The predicted molar refractivity (Wildman–Crippen MR) is 68.1 cm³/mol. The lowest BCUT2D eigenvalue weighted by atomic mass is 10.0. The molecule has 1 aromatic heterocycles. The zero-order valence-corrected chi connectivity index (χ0v) is 9.64. The molecule has 0 amide bonds. The number of nitrogens with zero attached hydrogens (tertiary/aromatic N) is 1. The number of aromatic nitrogens is 1. The van der Waals surface area contributed by atoms with Crippen molar-refractivity contribution in [2.75, 3.05) is 5.32 Å². The highest BCUT2D eigenvalue weighted by Gasteiger charge is 2.00. The van der Waals surface area contributed by atoms with E-state index in [4.69, 9.17) is 0 Å². The van der Waals surface area contributed by atoms with E-state index in [2.05, 4.69) is 48.4 Å². The molecule has 0 fully saturated rings. The van der Waals surface area contributed by atoms with Gasteiger partial charge in [-0.25, -0.2) is 4.98 Å². The van der Waals surface area contributed by atoms with Crippen LogP contribution in [0.5, 0.6) is 0 Å². The molecule has 2 aromatic rings. The lowest BCUT2D eigenvalue weighted by Gasteiger charge is -2.09. The summed E-state index contributed by atoms with van der Waals surface area (Å²) in [5.41, 5.74) is 2.42. The predicted octanol–water partition coefficient (Wildman–Crippen LogP) is 3.95. The van der Waals surface area contributed by atoms with Gasteiger partial charge >= 0.3 is 0 Å². The average Bonchev–Trinajstić information content (AvgIpc) is 2.30. The van der Waals surface area contributed by atoms with Crippen molar-refractivity contribution in [3.05, 3.63) is 54.2 Å². The fourth-order valence-electron chi connectivity index (χ4n) is 1.56. The summed E-state index contributed by atoms with van der Waals surface area (Å²) in [6.07, 6.45) is 1.79. The van der Waals surface area contributed by atoms with Gasteiger partial charge in [0.2, 0.25) is 0 Å². The van der Waals surface area contributed by atoms with Crippen molar-refractivity contribution in [3.8, 4) is 0 Å². The zero-order valence-electron chi connectivity index (χ0n) is 9.64. The minimum absolute atomic E-state index is 0.547. The molecular weight excluding hydrogens is 196 g/mol. The van der Waals surface area contributed by atoms with E-state index in [0.29, 0.717) is 5.92 Å². The molecule has 0 aliphatic heterocycles. The second-order valence-corrected chi connectivity index (χ2v) is 4.12. The molecule has 0 saturated heterocycles. The summed E-state index contributed by atoms with van der Waals surface area (Å²) < 4.78 is 0. The van der Waals surface area contributed by atoms with Crippen molar-refractivity contribution < 1.29 is 0 Å². The fraction of sp³-hybridized carbons (Fsp3) is 0.214. The Hall–Kier alpha value is -1.83. The maximum atomic E-state index is 4.24. The van der Waals surface area contributed by atoms with E-state index in [1.165, 1.54) is 5.56 Å². The number of anilines is 2. The Morgan fingerprint density at radius 1 is 1.06 bits per heavy atom. The maximum Gasteiger partial charge on any atom is 0.130 e. The Labute approximate surface area is 96.4 Å². The number of pyridine rings is 1. The fourth-order valence-corrected chi connectivity index (χ4v) is 1.56. The van der Waals surface area contributed by atoms with Crippen LogP contribution < -0.4 is 5.32 Å². The Kier molecular flexibility index (Phi) is 3.20. The van der Waals surface area contributed by atoms with Gasteiger partial charge in [-0.15, -0.1) is 0 Å². The standard InChI is InChI=1S/C14H16N2/c1-11(2)12-6-5-7-13(10-12)16-14-8-3-4-9-15-14/h3-11H,1-2H3,(H,15,16). The second-order valence-electron chi connectivity index (χ2n) is 4.12. The zero-order chi connectivity index (χ0) is 11.4. The molecule has 0 aliphatic carbocycles. The topological polar surface area (TPSA) is 24.9 Å². The van der Waals surface area contributed by atoms with Gasteiger partial charge in [0.15, 0.2) is 0 Å². The van der Waals surface area contributed by atoms with E-state index < -0.39 is 0 Å². The summed E-state index contributed by atoms with van der Waals surface area (Å²) in [6, 6.07) is 14.3. The van der Waals surface area contributed by atoms with E-state index in [1.54, 1.807) is 6.20 Å². The molecule has 2 nitrogen and oxygen atoms in total. The molecular formula is C14H16N2. The van der Waals surface area contributed by atoms with Crippen LogP contribution in [0.25, 0.3) is 0 Å². The average molecular weight is 212 g/mol. The smallest absolute Gasteiger partial charge is 0.130 e. The molecule has 0 aliphatic rings.